The molecular weight excluding hydrogens is 198 g/mol. The van der Waals surface area contributed by atoms with Gasteiger partial charge in [0, 0.05) is 24.0 Å². The summed E-state index contributed by atoms with van der Waals surface area (Å²) in [7, 11) is 0. The highest BCUT2D eigenvalue weighted by Crippen LogP contribution is 2.33. The Morgan fingerprint density at radius 2 is 2.25 bits per heavy atom. The van der Waals surface area contributed by atoms with Crippen LogP contribution in [0.2, 0.25) is 0 Å². The summed E-state index contributed by atoms with van der Waals surface area (Å²) in [5.74, 6) is 0. The number of rotatable bonds is 3. The van der Waals surface area contributed by atoms with E-state index in [2.05, 4.69) is 36.7 Å². The molecule has 3 heteroatoms. The summed E-state index contributed by atoms with van der Waals surface area (Å²) in [4.78, 5) is 5.91. The Morgan fingerprint density at radius 3 is 2.81 bits per heavy atom. The van der Waals surface area contributed by atoms with Crippen LogP contribution in [0.3, 0.4) is 0 Å². The number of likely N-dealkylation sites (tertiary alicyclic amines) is 1. The van der Waals surface area contributed by atoms with Gasteiger partial charge in [-0.25, -0.2) is 0 Å². The van der Waals surface area contributed by atoms with Gasteiger partial charge in [0.15, 0.2) is 0 Å². The molecule has 2 heterocycles. The average Bonchev–Trinajstić information content (AvgIpc) is 2.71. The van der Waals surface area contributed by atoms with Gasteiger partial charge in [0.05, 0.1) is 6.04 Å². The van der Waals surface area contributed by atoms with Crippen LogP contribution in [0.1, 0.15) is 42.8 Å². The molecule has 2 atom stereocenters. The number of H-pyrrole nitrogens is 1. The van der Waals surface area contributed by atoms with Crippen molar-refractivity contribution in [3.05, 3.63) is 23.0 Å². The summed E-state index contributed by atoms with van der Waals surface area (Å²) in [6.45, 7) is 8.79. The predicted molar refractivity (Wildman–Crippen MR) is 67.5 cm³/mol. The van der Waals surface area contributed by atoms with E-state index in [1.807, 2.05) is 0 Å². The second-order valence-corrected chi connectivity index (χ2v) is 4.97. The molecular formula is C13H23N3. The third-order valence-corrected chi connectivity index (χ3v) is 3.57. The summed E-state index contributed by atoms with van der Waals surface area (Å²) < 4.78 is 0. The van der Waals surface area contributed by atoms with E-state index in [1.165, 1.54) is 23.4 Å². The van der Waals surface area contributed by atoms with Crippen molar-refractivity contribution in [1.82, 2.24) is 9.88 Å². The van der Waals surface area contributed by atoms with Crippen LogP contribution in [-0.4, -0.2) is 29.0 Å². The third kappa shape index (κ3) is 2.02. The molecule has 1 aromatic heterocycles. The molecule has 0 bridgehead atoms. The standard InChI is InChI=1S/C13H23N3/c1-4-6-16-7-5-12(14)13(16)11-8-9(2)15-10(11)3/h8,12-13,15H,4-7,14H2,1-3H3/t12-,13+/m0/s1. The Kier molecular flexibility index (Phi) is 3.36. The minimum Gasteiger partial charge on any atom is -0.362 e. The fraction of sp³-hybridized carbons (Fsp3) is 0.692. The minimum atomic E-state index is 0.292. The van der Waals surface area contributed by atoms with Gasteiger partial charge in [-0.05, 0) is 44.9 Å². The van der Waals surface area contributed by atoms with Crippen LogP contribution < -0.4 is 5.73 Å². The van der Waals surface area contributed by atoms with E-state index in [9.17, 15) is 0 Å². The minimum absolute atomic E-state index is 0.292. The van der Waals surface area contributed by atoms with Gasteiger partial charge in [-0.1, -0.05) is 6.92 Å². The molecule has 0 radical (unpaired) electrons. The van der Waals surface area contributed by atoms with E-state index in [0.29, 0.717) is 12.1 Å². The van der Waals surface area contributed by atoms with Gasteiger partial charge in [0.2, 0.25) is 0 Å². The summed E-state index contributed by atoms with van der Waals surface area (Å²) in [5.41, 5.74) is 10.2. The van der Waals surface area contributed by atoms with Crippen LogP contribution in [0.25, 0.3) is 0 Å². The van der Waals surface area contributed by atoms with Crippen LogP contribution in [0, 0.1) is 13.8 Å². The molecule has 90 valence electrons. The lowest BCUT2D eigenvalue weighted by Crippen LogP contribution is -2.32. The quantitative estimate of drug-likeness (QED) is 0.821. The Balaban J connectivity index is 2.26. The van der Waals surface area contributed by atoms with Crippen LogP contribution in [0.4, 0.5) is 0 Å². The van der Waals surface area contributed by atoms with Gasteiger partial charge in [0.1, 0.15) is 0 Å². The Labute approximate surface area is 98.0 Å². The fourth-order valence-electron chi connectivity index (χ4n) is 2.90. The molecule has 16 heavy (non-hydrogen) atoms. The first kappa shape index (κ1) is 11.7. The van der Waals surface area contributed by atoms with E-state index in [1.54, 1.807) is 0 Å². The number of aryl methyl sites for hydroxylation is 2. The molecule has 0 unspecified atom stereocenters. The number of hydrogen-bond donors (Lipinski definition) is 2. The van der Waals surface area contributed by atoms with Crippen molar-refractivity contribution in [2.24, 2.45) is 5.73 Å². The number of nitrogens with two attached hydrogens (primary N) is 1. The lowest BCUT2D eigenvalue weighted by atomic mass is 10.0. The van der Waals surface area contributed by atoms with Crippen LogP contribution in [0.15, 0.2) is 6.07 Å². The van der Waals surface area contributed by atoms with Crippen molar-refractivity contribution in [3.8, 4) is 0 Å². The lowest BCUT2D eigenvalue weighted by Gasteiger charge is -2.26. The van der Waals surface area contributed by atoms with Crippen LogP contribution >= 0.6 is 0 Å². The molecule has 0 saturated carbocycles. The van der Waals surface area contributed by atoms with E-state index < -0.39 is 0 Å². The van der Waals surface area contributed by atoms with Gasteiger partial charge in [-0.2, -0.15) is 0 Å². The lowest BCUT2D eigenvalue weighted by molar-refractivity contribution is 0.248. The fourth-order valence-corrected chi connectivity index (χ4v) is 2.90. The maximum absolute atomic E-state index is 6.25. The Hall–Kier alpha value is -0.800. The summed E-state index contributed by atoms with van der Waals surface area (Å²) in [6, 6.07) is 2.97. The third-order valence-electron chi connectivity index (χ3n) is 3.57. The molecule has 0 amide bonds. The van der Waals surface area contributed by atoms with Crippen molar-refractivity contribution in [3.63, 3.8) is 0 Å². The zero-order chi connectivity index (χ0) is 11.7. The molecule has 1 aliphatic rings. The SMILES string of the molecule is CCCN1CC[C@H](N)[C@H]1c1cc(C)[nH]c1C. The molecule has 0 spiro atoms. The van der Waals surface area contributed by atoms with Crippen molar-refractivity contribution in [2.75, 3.05) is 13.1 Å². The van der Waals surface area contributed by atoms with Crippen molar-refractivity contribution in [2.45, 2.75) is 45.7 Å². The summed E-state index contributed by atoms with van der Waals surface area (Å²) >= 11 is 0. The second-order valence-electron chi connectivity index (χ2n) is 4.97. The molecule has 3 nitrogen and oxygen atoms in total. The molecule has 1 aromatic rings. The average molecular weight is 221 g/mol. The molecule has 2 rings (SSSR count). The maximum Gasteiger partial charge on any atom is 0.0517 e. The molecule has 1 saturated heterocycles. The first-order chi connectivity index (χ1) is 7.63. The number of aromatic amines is 1. The van der Waals surface area contributed by atoms with E-state index in [4.69, 9.17) is 5.73 Å². The Bertz CT molecular complexity index is 354. The van der Waals surface area contributed by atoms with E-state index >= 15 is 0 Å². The first-order valence-corrected chi connectivity index (χ1v) is 6.29. The van der Waals surface area contributed by atoms with Crippen molar-refractivity contribution in [1.29, 1.82) is 0 Å². The van der Waals surface area contributed by atoms with Gasteiger partial charge in [-0.3, -0.25) is 4.90 Å². The highest BCUT2D eigenvalue weighted by molar-refractivity contribution is 5.30. The van der Waals surface area contributed by atoms with Gasteiger partial charge >= 0.3 is 0 Å². The van der Waals surface area contributed by atoms with Gasteiger partial charge < -0.3 is 10.7 Å². The van der Waals surface area contributed by atoms with Crippen molar-refractivity contribution >= 4 is 0 Å². The zero-order valence-electron chi connectivity index (χ0n) is 10.6. The van der Waals surface area contributed by atoms with E-state index in [-0.39, 0.29) is 0 Å². The highest BCUT2D eigenvalue weighted by atomic mass is 15.2. The zero-order valence-corrected chi connectivity index (χ0v) is 10.6. The molecule has 0 aliphatic carbocycles. The number of aromatic nitrogens is 1. The summed E-state index contributed by atoms with van der Waals surface area (Å²) in [5, 5.41) is 0. The van der Waals surface area contributed by atoms with E-state index in [0.717, 1.165) is 19.5 Å². The number of hydrogen-bond acceptors (Lipinski definition) is 2. The first-order valence-electron chi connectivity index (χ1n) is 6.29. The monoisotopic (exact) mass is 221 g/mol. The topological polar surface area (TPSA) is 45.0 Å². The molecule has 1 aliphatic heterocycles. The number of nitrogens with zero attached hydrogens (tertiary/aromatic N) is 1. The molecule has 0 aromatic carbocycles. The summed E-state index contributed by atoms with van der Waals surface area (Å²) in [6.07, 6.45) is 2.32. The normalized spacial score (nSPS) is 26.5. The maximum atomic E-state index is 6.25. The van der Waals surface area contributed by atoms with Crippen LogP contribution in [-0.2, 0) is 0 Å². The smallest absolute Gasteiger partial charge is 0.0517 e. The van der Waals surface area contributed by atoms with Gasteiger partial charge in [-0.15, -0.1) is 0 Å². The van der Waals surface area contributed by atoms with Crippen molar-refractivity contribution < 1.29 is 0 Å². The predicted octanol–water partition coefficient (Wildman–Crippen LogP) is 2.12. The van der Waals surface area contributed by atoms with Crippen LogP contribution in [0.5, 0.6) is 0 Å². The largest absolute Gasteiger partial charge is 0.362 e. The van der Waals surface area contributed by atoms with Gasteiger partial charge in [0.25, 0.3) is 0 Å². The Morgan fingerprint density at radius 1 is 1.50 bits per heavy atom. The highest BCUT2D eigenvalue weighted by Gasteiger charge is 2.33. The molecule has 3 N–H and O–H groups in total. The second kappa shape index (κ2) is 4.60. The number of nitrogens with one attached hydrogen (secondary N) is 1. The molecule has 1 fully saturated rings.